The van der Waals surface area contributed by atoms with Gasteiger partial charge in [-0.25, -0.2) is 0 Å². The van der Waals surface area contributed by atoms with Gasteiger partial charge in [0.05, 0.1) is 29.0 Å². The minimum Gasteiger partial charge on any atom is -0.338 e. The van der Waals surface area contributed by atoms with Crippen molar-refractivity contribution in [3.63, 3.8) is 0 Å². The van der Waals surface area contributed by atoms with Crippen LogP contribution in [0.25, 0.3) is 0 Å². The van der Waals surface area contributed by atoms with Crippen LogP contribution in [0, 0.1) is 0 Å². The quantitative estimate of drug-likeness (QED) is 0.832. The van der Waals surface area contributed by atoms with Crippen molar-refractivity contribution in [2.24, 2.45) is 0 Å². The number of aromatic nitrogens is 3. The molecule has 1 atom stereocenters. The highest BCUT2D eigenvalue weighted by Gasteiger charge is 2.31. The number of hydrogen-bond donors (Lipinski definition) is 0. The van der Waals surface area contributed by atoms with E-state index in [2.05, 4.69) is 16.5 Å². The van der Waals surface area contributed by atoms with Gasteiger partial charge in [-0.05, 0) is 37.8 Å². The molecule has 0 aromatic carbocycles. The summed E-state index contributed by atoms with van der Waals surface area (Å²) in [5.41, 5.74) is 1.11. The minimum atomic E-state index is 0.188. The molecule has 7 heteroatoms. The van der Waals surface area contributed by atoms with Gasteiger partial charge in [0, 0.05) is 23.5 Å². The van der Waals surface area contributed by atoms with Gasteiger partial charge in [-0.15, -0.1) is 16.4 Å². The van der Waals surface area contributed by atoms with E-state index in [1.165, 1.54) is 24.2 Å². The molecule has 122 valence electrons. The highest BCUT2D eigenvalue weighted by Crippen LogP contribution is 2.38. The van der Waals surface area contributed by atoms with E-state index in [0.29, 0.717) is 12.3 Å². The van der Waals surface area contributed by atoms with Gasteiger partial charge in [-0.2, -0.15) is 0 Å². The molecule has 5 nitrogen and oxygen atoms in total. The van der Waals surface area contributed by atoms with Gasteiger partial charge in [-0.3, -0.25) is 9.48 Å². The van der Waals surface area contributed by atoms with Crippen molar-refractivity contribution in [2.45, 2.75) is 50.6 Å². The lowest BCUT2D eigenvalue weighted by Crippen LogP contribution is -2.39. The second kappa shape index (κ2) is 6.24. The number of amides is 1. The molecule has 2 fully saturated rings. The predicted octanol–water partition coefficient (Wildman–Crippen LogP) is 3.10. The van der Waals surface area contributed by atoms with Crippen LogP contribution in [0.5, 0.6) is 0 Å². The molecule has 0 radical (unpaired) electrons. The number of hydrogen-bond acceptors (Lipinski definition) is 4. The van der Waals surface area contributed by atoms with E-state index in [0.717, 1.165) is 40.8 Å². The summed E-state index contributed by atoms with van der Waals surface area (Å²) >= 11 is 7.43. The van der Waals surface area contributed by atoms with Gasteiger partial charge in [0.25, 0.3) is 0 Å². The summed E-state index contributed by atoms with van der Waals surface area (Å²) in [5, 5.41) is 8.49. The number of nitrogens with zero attached hydrogens (tertiary/aromatic N) is 4. The topological polar surface area (TPSA) is 51.0 Å². The first-order valence-corrected chi connectivity index (χ1v) is 9.32. The van der Waals surface area contributed by atoms with Crippen molar-refractivity contribution >= 4 is 28.8 Å². The molecule has 2 aromatic heterocycles. The monoisotopic (exact) mass is 350 g/mol. The zero-order valence-corrected chi connectivity index (χ0v) is 14.4. The Morgan fingerprint density at radius 2 is 2.22 bits per heavy atom. The molecular formula is C16H19ClN4OS. The third-order valence-corrected chi connectivity index (χ3v) is 5.83. The van der Waals surface area contributed by atoms with Crippen LogP contribution in [-0.4, -0.2) is 38.4 Å². The van der Waals surface area contributed by atoms with Crippen molar-refractivity contribution in [3.05, 3.63) is 33.2 Å². The third kappa shape index (κ3) is 3.43. The number of carbonyl (C=O) groups is 1. The average molecular weight is 351 g/mol. The fraction of sp³-hybridized carbons (Fsp3) is 0.562. The van der Waals surface area contributed by atoms with Crippen molar-refractivity contribution in [1.82, 2.24) is 19.9 Å². The molecule has 2 aliphatic rings. The van der Waals surface area contributed by atoms with Crippen LogP contribution >= 0.6 is 22.9 Å². The summed E-state index contributed by atoms with van der Waals surface area (Å²) < 4.78 is 2.65. The first-order valence-electron chi connectivity index (χ1n) is 8.13. The Morgan fingerprint density at radius 3 is 2.96 bits per heavy atom. The lowest BCUT2D eigenvalue weighted by molar-refractivity contribution is -0.131. The maximum absolute atomic E-state index is 12.6. The maximum Gasteiger partial charge on any atom is 0.228 e. The molecule has 1 saturated heterocycles. The Bertz CT molecular complexity index is 709. The van der Waals surface area contributed by atoms with Gasteiger partial charge in [0.1, 0.15) is 0 Å². The van der Waals surface area contributed by atoms with E-state index in [4.69, 9.17) is 11.6 Å². The normalized spacial score (nSPS) is 21.1. The average Bonchev–Trinajstić information content (AvgIpc) is 2.93. The molecule has 0 spiro atoms. The van der Waals surface area contributed by atoms with E-state index in [1.54, 1.807) is 0 Å². The van der Waals surface area contributed by atoms with Crippen LogP contribution < -0.4 is 0 Å². The largest absolute Gasteiger partial charge is 0.338 e. The molecule has 4 rings (SSSR count). The number of halogens is 1. The zero-order valence-electron chi connectivity index (χ0n) is 12.8. The van der Waals surface area contributed by atoms with Crippen LogP contribution in [0.15, 0.2) is 18.3 Å². The number of rotatable bonds is 5. The van der Waals surface area contributed by atoms with E-state index >= 15 is 0 Å². The second-order valence-corrected chi connectivity index (χ2v) is 8.21. The van der Waals surface area contributed by atoms with Crippen molar-refractivity contribution < 1.29 is 4.79 Å². The second-order valence-electron chi connectivity index (χ2n) is 6.41. The molecule has 1 aliphatic carbocycles. The fourth-order valence-electron chi connectivity index (χ4n) is 3.24. The Kier molecular flexibility index (Phi) is 4.11. The van der Waals surface area contributed by atoms with Gasteiger partial charge < -0.3 is 4.90 Å². The molecule has 0 unspecified atom stereocenters. The van der Waals surface area contributed by atoms with E-state index in [-0.39, 0.29) is 11.9 Å². The maximum atomic E-state index is 12.6. The Hall–Kier alpha value is -1.40. The SMILES string of the molecule is O=C(Cc1ccc(Cl)s1)N1CCC[C@H]1Cn1cc(C2CC2)nn1. The highest BCUT2D eigenvalue weighted by molar-refractivity contribution is 7.16. The number of carbonyl (C=O) groups excluding carboxylic acids is 1. The Labute approximate surface area is 144 Å². The molecular weight excluding hydrogens is 332 g/mol. The van der Waals surface area contributed by atoms with Crippen LogP contribution in [0.4, 0.5) is 0 Å². The van der Waals surface area contributed by atoms with Crippen LogP contribution in [0.3, 0.4) is 0 Å². The molecule has 23 heavy (non-hydrogen) atoms. The smallest absolute Gasteiger partial charge is 0.228 e. The third-order valence-electron chi connectivity index (χ3n) is 4.60. The van der Waals surface area contributed by atoms with Crippen LogP contribution in [-0.2, 0) is 17.8 Å². The summed E-state index contributed by atoms with van der Waals surface area (Å²) in [7, 11) is 0. The van der Waals surface area contributed by atoms with Crippen molar-refractivity contribution in [2.75, 3.05) is 6.54 Å². The first-order chi connectivity index (χ1) is 11.2. The van der Waals surface area contributed by atoms with E-state index in [1.807, 2.05) is 21.7 Å². The van der Waals surface area contributed by atoms with Crippen molar-refractivity contribution in [3.8, 4) is 0 Å². The molecule has 1 amide bonds. The highest BCUT2D eigenvalue weighted by atomic mass is 35.5. The van der Waals surface area contributed by atoms with E-state index in [9.17, 15) is 4.79 Å². The summed E-state index contributed by atoms with van der Waals surface area (Å²) in [4.78, 5) is 15.6. The van der Waals surface area contributed by atoms with Gasteiger partial charge >= 0.3 is 0 Å². The van der Waals surface area contributed by atoms with Gasteiger partial charge in [-0.1, -0.05) is 16.8 Å². The van der Waals surface area contributed by atoms with Gasteiger partial charge in [0.2, 0.25) is 5.91 Å². The zero-order chi connectivity index (χ0) is 15.8. The molecule has 0 N–H and O–H groups in total. The summed E-state index contributed by atoms with van der Waals surface area (Å²) in [6.07, 6.45) is 7.06. The molecule has 0 bridgehead atoms. The van der Waals surface area contributed by atoms with Gasteiger partial charge in [0.15, 0.2) is 0 Å². The fourth-order valence-corrected chi connectivity index (χ4v) is 4.31. The van der Waals surface area contributed by atoms with E-state index < -0.39 is 0 Å². The van der Waals surface area contributed by atoms with Crippen LogP contribution in [0.2, 0.25) is 4.34 Å². The van der Waals surface area contributed by atoms with Crippen molar-refractivity contribution in [1.29, 1.82) is 0 Å². The van der Waals surface area contributed by atoms with Crippen LogP contribution in [0.1, 0.15) is 42.2 Å². The summed E-state index contributed by atoms with van der Waals surface area (Å²) in [6.45, 7) is 1.59. The number of likely N-dealkylation sites (tertiary alicyclic amines) is 1. The molecule has 3 heterocycles. The minimum absolute atomic E-state index is 0.188. The molecule has 2 aromatic rings. The first kappa shape index (κ1) is 15.1. The number of thiophene rings is 1. The lowest BCUT2D eigenvalue weighted by atomic mass is 10.2. The Morgan fingerprint density at radius 1 is 1.35 bits per heavy atom. The molecule has 1 aliphatic heterocycles. The summed E-state index contributed by atoms with van der Waals surface area (Å²) in [5.74, 6) is 0.808. The summed E-state index contributed by atoms with van der Waals surface area (Å²) in [6, 6.07) is 4.02. The molecule has 1 saturated carbocycles. The Balaban J connectivity index is 1.39. The lowest BCUT2D eigenvalue weighted by Gasteiger charge is -2.24. The predicted molar refractivity (Wildman–Crippen MR) is 89.8 cm³/mol. The standard InChI is InChI=1S/C16H19ClN4OS/c17-15-6-5-13(23-15)8-16(22)21-7-1-2-12(21)9-20-10-14(18-19-20)11-3-4-11/h5-6,10-12H,1-4,7-9H2/t12-/m0/s1.